The van der Waals surface area contributed by atoms with Crippen LogP contribution in [0.3, 0.4) is 0 Å². The summed E-state index contributed by atoms with van der Waals surface area (Å²) in [6.45, 7) is 3.51. The molecule has 2 aliphatic rings. The van der Waals surface area contributed by atoms with Gasteiger partial charge in [-0.2, -0.15) is 0 Å². The molecule has 2 fully saturated rings. The number of pyridine rings is 1. The third kappa shape index (κ3) is 2.95. The number of hydrogen-bond acceptors (Lipinski definition) is 3. The Hall–Kier alpha value is -2.21. The van der Waals surface area contributed by atoms with Crippen molar-refractivity contribution in [3.63, 3.8) is 0 Å². The molecule has 2 saturated heterocycles. The van der Waals surface area contributed by atoms with Gasteiger partial charge in [-0.05, 0) is 51.1 Å². The van der Waals surface area contributed by atoms with Crippen LogP contribution < -0.4 is 5.56 Å². The zero-order chi connectivity index (χ0) is 17.6. The standard InChI is InChI=1S/C19H22FN3O2/c1-22-8-6-19(11-22)5-2-7-23(12-19)18(25)15-10-17(24)21-16-9-13(20)3-4-14(15)16/h3-4,9-10H,2,5-8,11-12H2,1H3,(H,21,24). The molecule has 5 nitrogen and oxygen atoms in total. The molecule has 132 valence electrons. The Balaban J connectivity index is 1.69. The maximum atomic E-state index is 13.5. The van der Waals surface area contributed by atoms with Gasteiger partial charge in [0.25, 0.3) is 5.91 Å². The number of benzene rings is 1. The Morgan fingerprint density at radius 2 is 2.04 bits per heavy atom. The van der Waals surface area contributed by atoms with Gasteiger partial charge in [0.2, 0.25) is 5.56 Å². The first-order valence-corrected chi connectivity index (χ1v) is 8.76. The largest absolute Gasteiger partial charge is 0.338 e. The van der Waals surface area contributed by atoms with Crippen LogP contribution in [0.25, 0.3) is 10.9 Å². The molecule has 1 spiro atoms. The monoisotopic (exact) mass is 343 g/mol. The van der Waals surface area contributed by atoms with Crippen LogP contribution in [0.1, 0.15) is 29.6 Å². The molecule has 25 heavy (non-hydrogen) atoms. The lowest BCUT2D eigenvalue weighted by Crippen LogP contribution is -2.47. The molecule has 1 N–H and O–H groups in total. The Morgan fingerprint density at radius 3 is 2.80 bits per heavy atom. The number of likely N-dealkylation sites (tertiary alicyclic amines) is 2. The van der Waals surface area contributed by atoms with Crippen molar-refractivity contribution in [2.45, 2.75) is 19.3 Å². The van der Waals surface area contributed by atoms with Crippen LogP contribution in [0.2, 0.25) is 0 Å². The van der Waals surface area contributed by atoms with E-state index in [4.69, 9.17) is 0 Å². The van der Waals surface area contributed by atoms with Gasteiger partial charge in [-0.15, -0.1) is 0 Å². The number of carbonyl (C=O) groups is 1. The van der Waals surface area contributed by atoms with Gasteiger partial charge in [0, 0.05) is 36.5 Å². The van der Waals surface area contributed by atoms with Crippen LogP contribution in [-0.2, 0) is 0 Å². The average Bonchev–Trinajstić information content (AvgIpc) is 2.93. The SMILES string of the molecule is CN1CCC2(CCCN(C(=O)c3cc(=O)[nH]c4cc(F)ccc34)C2)C1. The topological polar surface area (TPSA) is 56.4 Å². The van der Waals surface area contributed by atoms with Crippen molar-refractivity contribution in [3.8, 4) is 0 Å². The summed E-state index contributed by atoms with van der Waals surface area (Å²) >= 11 is 0. The Labute approximate surface area is 145 Å². The summed E-state index contributed by atoms with van der Waals surface area (Å²) in [5, 5.41) is 0.592. The Bertz CT molecular complexity index is 890. The number of aromatic nitrogens is 1. The molecule has 0 aliphatic carbocycles. The highest BCUT2D eigenvalue weighted by Crippen LogP contribution is 2.38. The van der Waals surface area contributed by atoms with Crippen molar-refractivity contribution in [3.05, 3.63) is 46.0 Å². The van der Waals surface area contributed by atoms with E-state index in [1.807, 2.05) is 4.90 Å². The fraction of sp³-hybridized carbons (Fsp3) is 0.474. The number of fused-ring (bicyclic) bond motifs is 1. The van der Waals surface area contributed by atoms with Crippen molar-refractivity contribution >= 4 is 16.8 Å². The zero-order valence-corrected chi connectivity index (χ0v) is 14.3. The number of H-pyrrole nitrogens is 1. The average molecular weight is 343 g/mol. The molecule has 2 aromatic rings. The summed E-state index contributed by atoms with van der Waals surface area (Å²) in [5.74, 6) is -0.560. The molecule has 1 unspecified atom stereocenters. The first kappa shape index (κ1) is 16.3. The number of amides is 1. The molecule has 1 aromatic heterocycles. The van der Waals surface area contributed by atoms with Crippen LogP contribution >= 0.6 is 0 Å². The number of rotatable bonds is 1. The van der Waals surface area contributed by atoms with E-state index in [1.165, 1.54) is 18.2 Å². The molecular weight excluding hydrogens is 321 g/mol. The minimum Gasteiger partial charge on any atom is -0.338 e. The lowest BCUT2D eigenvalue weighted by Gasteiger charge is -2.40. The van der Waals surface area contributed by atoms with Crippen molar-refractivity contribution in [1.29, 1.82) is 0 Å². The quantitative estimate of drug-likeness (QED) is 0.864. The van der Waals surface area contributed by atoms with Crippen molar-refractivity contribution in [1.82, 2.24) is 14.8 Å². The lowest BCUT2D eigenvalue weighted by molar-refractivity contribution is 0.0536. The summed E-state index contributed by atoms with van der Waals surface area (Å²) < 4.78 is 13.5. The van der Waals surface area contributed by atoms with Gasteiger partial charge in [0.15, 0.2) is 0 Å². The maximum absolute atomic E-state index is 13.5. The molecule has 3 heterocycles. The minimum absolute atomic E-state index is 0.128. The van der Waals surface area contributed by atoms with Crippen LogP contribution in [0.5, 0.6) is 0 Å². The zero-order valence-electron chi connectivity index (χ0n) is 14.3. The number of carbonyl (C=O) groups excluding carboxylic acids is 1. The third-order valence-electron chi connectivity index (χ3n) is 5.61. The van der Waals surface area contributed by atoms with Gasteiger partial charge in [-0.25, -0.2) is 4.39 Å². The van der Waals surface area contributed by atoms with E-state index >= 15 is 0 Å². The number of halogens is 1. The molecule has 6 heteroatoms. The van der Waals surface area contributed by atoms with Gasteiger partial charge >= 0.3 is 0 Å². The summed E-state index contributed by atoms with van der Waals surface area (Å²) in [6, 6.07) is 5.49. The van der Waals surface area contributed by atoms with Gasteiger partial charge in [0.1, 0.15) is 5.82 Å². The Morgan fingerprint density at radius 1 is 1.20 bits per heavy atom. The van der Waals surface area contributed by atoms with E-state index in [-0.39, 0.29) is 16.9 Å². The molecule has 4 rings (SSSR count). The fourth-order valence-corrected chi connectivity index (χ4v) is 4.45. The summed E-state index contributed by atoms with van der Waals surface area (Å²) in [6.07, 6.45) is 3.23. The van der Waals surface area contributed by atoms with Crippen LogP contribution in [0.4, 0.5) is 4.39 Å². The van der Waals surface area contributed by atoms with Crippen molar-refractivity contribution < 1.29 is 9.18 Å². The van der Waals surface area contributed by atoms with Gasteiger partial charge in [-0.1, -0.05) is 0 Å². The van der Waals surface area contributed by atoms with E-state index in [2.05, 4.69) is 16.9 Å². The summed E-state index contributed by atoms with van der Waals surface area (Å²) in [7, 11) is 2.12. The number of hydrogen-bond donors (Lipinski definition) is 1. The van der Waals surface area contributed by atoms with Crippen molar-refractivity contribution in [2.24, 2.45) is 5.41 Å². The summed E-state index contributed by atoms with van der Waals surface area (Å²) in [5.41, 5.74) is 0.519. The molecule has 1 amide bonds. The van der Waals surface area contributed by atoms with E-state index in [9.17, 15) is 14.0 Å². The lowest BCUT2D eigenvalue weighted by atomic mass is 9.79. The van der Waals surface area contributed by atoms with E-state index in [1.54, 1.807) is 6.07 Å². The molecule has 0 saturated carbocycles. The first-order chi connectivity index (χ1) is 12.0. The minimum atomic E-state index is -0.432. The summed E-state index contributed by atoms with van der Waals surface area (Å²) in [4.78, 5) is 31.9. The number of nitrogens with zero attached hydrogens (tertiary/aromatic N) is 2. The second-order valence-corrected chi connectivity index (χ2v) is 7.56. The number of aromatic amines is 1. The smallest absolute Gasteiger partial charge is 0.254 e. The van der Waals surface area contributed by atoms with Crippen LogP contribution in [-0.4, -0.2) is 53.9 Å². The normalized spacial score (nSPS) is 24.3. The van der Waals surface area contributed by atoms with Gasteiger partial charge in [0.05, 0.1) is 11.1 Å². The highest BCUT2D eigenvalue weighted by Gasteiger charge is 2.41. The Kier molecular flexibility index (Phi) is 3.87. The molecule has 0 bridgehead atoms. The third-order valence-corrected chi connectivity index (χ3v) is 5.61. The molecule has 1 aromatic carbocycles. The second kappa shape index (κ2) is 5.95. The maximum Gasteiger partial charge on any atom is 0.254 e. The predicted molar refractivity (Wildman–Crippen MR) is 94.2 cm³/mol. The molecule has 2 aliphatic heterocycles. The van der Waals surface area contributed by atoms with Gasteiger partial charge in [-0.3, -0.25) is 9.59 Å². The predicted octanol–water partition coefficient (Wildman–Crippen LogP) is 2.23. The van der Waals surface area contributed by atoms with Gasteiger partial charge < -0.3 is 14.8 Å². The molecule has 0 radical (unpaired) electrons. The number of nitrogens with one attached hydrogen (secondary N) is 1. The van der Waals surface area contributed by atoms with Crippen LogP contribution in [0, 0.1) is 11.2 Å². The number of piperidine rings is 1. The first-order valence-electron chi connectivity index (χ1n) is 8.76. The highest BCUT2D eigenvalue weighted by molar-refractivity contribution is 6.06. The van der Waals surface area contributed by atoms with Crippen molar-refractivity contribution in [2.75, 3.05) is 33.2 Å². The molecule has 1 atom stereocenters. The highest BCUT2D eigenvalue weighted by atomic mass is 19.1. The van der Waals surface area contributed by atoms with Crippen LogP contribution in [0.15, 0.2) is 29.1 Å². The van der Waals surface area contributed by atoms with E-state index < -0.39 is 5.82 Å². The second-order valence-electron chi connectivity index (χ2n) is 7.56. The van der Waals surface area contributed by atoms with E-state index in [0.717, 1.165) is 38.9 Å². The van der Waals surface area contributed by atoms with E-state index in [0.29, 0.717) is 23.0 Å². The molecular formula is C19H22FN3O2. The fourth-order valence-electron chi connectivity index (χ4n) is 4.45.